The van der Waals surface area contributed by atoms with Gasteiger partial charge in [0, 0.05) is 17.2 Å². The maximum atomic E-state index is 12.2. The second kappa shape index (κ2) is 9.35. The molecule has 0 saturated carbocycles. The third-order valence-electron chi connectivity index (χ3n) is 4.44. The van der Waals surface area contributed by atoms with Gasteiger partial charge in [-0.05, 0) is 45.2 Å². The van der Waals surface area contributed by atoms with Crippen molar-refractivity contribution in [3.8, 4) is 0 Å². The molecule has 1 atom stereocenters. The van der Waals surface area contributed by atoms with E-state index in [0.29, 0.717) is 13.1 Å². The molecule has 0 aliphatic heterocycles. The molecule has 0 saturated heterocycles. The number of aryl methyl sites for hydroxylation is 1. The zero-order valence-electron chi connectivity index (χ0n) is 15.9. The fourth-order valence-electron chi connectivity index (χ4n) is 2.67. The first-order valence-electron chi connectivity index (χ1n) is 9.05. The summed E-state index contributed by atoms with van der Waals surface area (Å²) in [6, 6.07) is 16.7. The Morgan fingerprint density at radius 1 is 1.22 bits per heavy atom. The summed E-state index contributed by atoms with van der Waals surface area (Å²) in [6.45, 7) is 5.21. The van der Waals surface area contributed by atoms with Crippen molar-refractivity contribution in [2.24, 2.45) is 0 Å². The van der Waals surface area contributed by atoms with E-state index in [4.69, 9.17) is 4.98 Å². The van der Waals surface area contributed by atoms with Crippen molar-refractivity contribution in [1.82, 2.24) is 15.2 Å². The lowest BCUT2D eigenvalue weighted by molar-refractivity contribution is -0.122. The highest BCUT2D eigenvalue weighted by Gasteiger charge is 2.18. The number of thiazole rings is 1. The van der Waals surface area contributed by atoms with Crippen LogP contribution < -0.4 is 5.32 Å². The third-order valence-corrected chi connectivity index (χ3v) is 6.66. The highest BCUT2D eigenvalue weighted by molar-refractivity contribution is 7.99. The van der Waals surface area contributed by atoms with Gasteiger partial charge in [-0.1, -0.05) is 29.8 Å². The minimum atomic E-state index is 0.0509. The lowest BCUT2D eigenvalue weighted by Crippen LogP contribution is -2.37. The number of aromatic nitrogens is 1. The fraction of sp³-hybridized carbons (Fsp3) is 0.333. The van der Waals surface area contributed by atoms with Crippen molar-refractivity contribution in [2.75, 3.05) is 25.9 Å². The van der Waals surface area contributed by atoms with Crippen LogP contribution in [0.3, 0.4) is 0 Å². The van der Waals surface area contributed by atoms with Gasteiger partial charge >= 0.3 is 0 Å². The molecule has 0 aliphatic carbocycles. The van der Waals surface area contributed by atoms with E-state index >= 15 is 0 Å². The Hall–Kier alpha value is -1.89. The quantitative estimate of drug-likeness (QED) is 0.447. The smallest absolute Gasteiger partial charge is 0.234 e. The summed E-state index contributed by atoms with van der Waals surface area (Å²) in [7, 11) is 1.97. The van der Waals surface area contributed by atoms with Crippen molar-refractivity contribution < 1.29 is 4.79 Å². The van der Waals surface area contributed by atoms with E-state index < -0.39 is 0 Å². The Labute approximate surface area is 169 Å². The molecule has 0 aliphatic rings. The number of hydrogen-bond donors (Lipinski definition) is 1. The molecular formula is C21H25N3OS2. The molecule has 2 aromatic carbocycles. The molecule has 1 aromatic heterocycles. The van der Waals surface area contributed by atoms with Gasteiger partial charge in [0.05, 0.1) is 22.8 Å². The van der Waals surface area contributed by atoms with Crippen molar-refractivity contribution in [3.63, 3.8) is 0 Å². The van der Waals surface area contributed by atoms with Gasteiger partial charge < -0.3 is 5.32 Å². The Balaban J connectivity index is 1.43. The number of thioether (sulfide) groups is 1. The normalized spacial score (nSPS) is 12.4. The summed E-state index contributed by atoms with van der Waals surface area (Å²) in [5, 5.41) is 4.05. The first-order valence-corrected chi connectivity index (χ1v) is 10.8. The van der Waals surface area contributed by atoms with E-state index in [1.165, 1.54) is 15.2 Å². The Morgan fingerprint density at radius 3 is 2.70 bits per heavy atom. The number of hydrogen-bond acceptors (Lipinski definition) is 5. The topological polar surface area (TPSA) is 45.2 Å². The molecule has 6 heteroatoms. The average Bonchev–Trinajstić information content (AvgIpc) is 3.10. The maximum absolute atomic E-state index is 12.2. The molecule has 1 heterocycles. The molecule has 27 heavy (non-hydrogen) atoms. The van der Waals surface area contributed by atoms with Crippen LogP contribution in [0.5, 0.6) is 0 Å². The molecule has 3 rings (SSSR count). The number of nitrogens with one attached hydrogen (secondary N) is 1. The first kappa shape index (κ1) is 19.9. The molecular weight excluding hydrogens is 374 g/mol. The van der Waals surface area contributed by atoms with Crippen LogP contribution in [0.25, 0.3) is 10.2 Å². The largest absolute Gasteiger partial charge is 0.354 e. The molecule has 142 valence electrons. The van der Waals surface area contributed by atoms with Crippen molar-refractivity contribution in [3.05, 3.63) is 59.1 Å². The highest BCUT2D eigenvalue weighted by atomic mass is 32.2. The minimum absolute atomic E-state index is 0.0509. The predicted molar refractivity (Wildman–Crippen MR) is 116 cm³/mol. The van der Waals surface area contributed by atoms with Crippen molar-refractivity contribution >= 4 is 39.2 Å². The second-order valence-corrected chi connectivity index (χ2v) is 8.85. The van der Waals surface area contributed by atoms with Crippen LogP contribution >= 0.6 is 23.1 Å². The van der Waals surface area contributed by atoms with Gasteiger partial charge in [0.1, 0.15) is 5.01 Å². The fourth-order valence-corrected chi connectivity index (χ4v) is 4.52. The maximum Gasteiger partial charge on any atom is 0.234 e. The van der Waals surface area contributed by atoms with Gasteiger partial charge in [0.25, 0.3) is 0 Å². The van der Waals surface area contributed by atoms with Gasteiger partial charge in [-0.3, -0.25) is 9.69 Å². The van der Waals surface area contributed by atoms with E-state index in [-0.39, 0.29) is 11.9 Å². The number of carbonyl (C=O) groups is 1. The van der Waals surface area contributed by atoms with Gasteiger partial charge in [0.2, 0.25) is 5.91 Å². The SMILES string of the molecule is Cc1ccc(SCCNC(=O)CN(C)[C@H](C)c2nc3ccccc3s2)cc1. The van der Waals surface area contributed by atoms with Gasteiger partial charge in [-0.15, -0.1) is 23.1 Å². The lowest BCUT2D eigenvalue weighted by atomic mass is 10.2. The molecule has 0 spiro atoms. The highest BCUT2D eigenvalue weighted by Crippen LogP contribution is 2.28. The van der Waals surface area contributed by atoms with E-state index in [1.54, 1.807) is 23.1 Å². The van der Waals surface area contributed by atoms with Crippen LogP contribution in [0.1, 0.15) is 23.5 Å². The zero-order chi connectivity index (χ0) is 19.2. The van der Waals surface area contributed by atoms with Crippen LogP contribution in [0.4, 0.5) is 0 Å². The van der Waals surface area contributed by atoms with E-state index in [2.05, 4.69) is 49.5 Å². The van der Waals surface area contributed by atoms with Crippen molar-refractivity contribution in [1.29, 1.82) is 0 Å². The van der Waals surface area contributed by atoms with Crippen LogP contribution in [0, 0.1) is 6.92 Å². The van der Waals surface area contributed by atoms with Gasteiger partial charge in [0.15, 0.2) is 0 Å². The number of carbonyl (C=O) groups excluding carboxylic acids is 1. The molecule has 4 nitrogen and oxygen atoms in total. The summed E-state index contributed by atoms with van der Waals surface area (Å²) in [5.74, 6) is 0.918. The van der Waals surface area contributed by atoms with Crippen LogP contribution in [-0.2, 0) is 4.79 Å². The average molecular weight is 400 g/mol. The number of fused-ring (bicyclic) bond motifs is 1. The Kier molecular flexibility index (Phi) is 6.88. The summed E-state index contributed by atoms with van der Waals surface area (Å²) in [6.07, 6.45) is 0. The number of rotatable bonds is 8. The van der Waals surface area contributed by atoms with Gasteiger partial charge in [-0.25, -0.2) is 4.98 Å². The lowest BCUT2D eigenvalue weighted by Gasteiger charge is -2.22. The number of benzene rings is 2. The van der Waals surface area contributed by atoms with Crippen LogP contribution in [0.15, 0.2) is 53.4 Å². The number of likely N-dealkylation sites (N-methyl/N-ethyl adjacent to an activating group) is 1. The standard InChI is InChI=1S/C21H25N3OS2/c1-15-8-10-17(11-9-15)26-13-12-22-20(25)14-24(3)16(2)21-23-18-6-4-5-7-19(18)27-21/h4-11,16H,12-14H2,1-3H3,(H,22,25)/t16-/m1/s1. The molecule has 0 radical (unpaired) electrons. The van der Waals surface area contributed by atoms with Gasteiger partial charge in [-0.2, -0.15) is 0 Å². The summed E-state index contributed by atoms with van der Waals surface area (Å²) >= 11 is 3.45. The molecule has 0 bridgehead atoms. The first-order chi connectivity index (χ1) is 13.0. The van der Waals surface area contributed by atoms with E-state index in [1.807, 2.05) is 30.1 Å². The monoisotopic (exact) mass is 399 g/mol. The zero-order valence-corrected chi connectivity index (χ0v) is 17.6. The summed E-state index contributed by atoms with van der Waals surface area (Å²) in [4.78, 5) is 20.2. The molecule has 1 amide bonds. The minimum Gasteiger partial charge on any atom is -0.354 e. The third kappa shape index (κ3) is 5.54. The van der Waals surface area contributed by atoms with E-state index in [0.717, 1.165) is 16.3 Å². The Bertz CT molecular complexity index is 859. The van der Waals surface area contributed by atoms with Crippen LogP contribution in [0.2, 0.25) is 0 Å². The predicted octanol–water partition coefficient (Wildman–Crippen LogP) is 4.51. The molecule has 0 fully saturated rings. The van der Waals surface area contributed by atoms with Crippen LogP contribution in [-0.4, -0.2) is 41.7 Å². The number of amides is 1. The number of para-hydroxylation sites is 1. The molecule has 1 N–H and O–H groups in total. The summed E-state index contributed by atoms with van der Waals surface area (Å²) in [5.41, 5.74) is 2.29. The second-order valence-electron chi connectivity index (χ2n) is 6.62. The summed E-state index contributed by atoms with van der Waals surface area (Å²) < 4.78 is 1.19. The number of nitrogens with zero attached hydrogens (tertiary/aromatic N) is 2. The van der Waals surface area contributed by atoms with Crippen molar-refractivity contribution in [2.45, 2.75) is 24.8 Å². The Morgan fingerprint density at radius 2 is 1.96 bits per heavy atom. The van der Waals surface area contributed by atoms with E-state index in [9.17, 15) is 4.79 Å². The molecule has 3 aromatic rings. The molecule has 0 unspecified atom stereocenters.